The van der Waals surface area contributed by atoms with E-state index in [2.05, 4.69) is 10.3 Å². The van der Waals surface area contributed by atoms with Gasteiger partial charge in [0.05, 0.1) is 0 Å². The minimum atomic E-state index is -1.02. The van der Waals surface area contributed by atoms with Crippen LogP contribution in [0.3, 0.4) is 0 Å². The smallest absolute Gasteiger partial charge is 0.355 e. The van der Waals surface area contributed by atoms with E-state index in [1.165, 1.54) is 13.8 Å². The number of ether oxygens (including phenoxy) is 1. The molecule has 160 valence electrons. The van der Waals surface area contributed by atoms with Gasteiger partial charge in [0.15, 0.2) is 11.9 Å². The lowest BCUT2D eigenvalue weighted by molar-refractivity contribution is -0.123. The van der Waals surface area contributed by atoms with E-state index in [9.17, 15) is 19.2 Å². The number of anilines is 1. The highest BCUT2D eigenvalue weighted by molar-refractivity contribution is 6.04. The highest BCUT2D eigenvalue weighted by Gasteiger charge is 2.25. The second kappa shape index (κ2) is 8.65. The number of hydrogen-bond donors (Lipinski definition) is 2. The van der Waals surface area contributed by atoms with Gasteiger partial charge in [-0.1, -0.05) is 20.8 Å². The molecule has 0 aliphatic heterocycles. The van der Waals surface area contributed by atoms with Gasteiger partial charge in [-0.05, 0) is 57.5 Å². The van der Waals surface area contributed by atoms with Crippen LogP contribution in [0.4, 0.5) is 5.69 Å². The minimum absolute atomic E-state index is 0.134. The summed E-state index contributed by atoms with van der Waals surface area (Å²) in [5.41, 5.74) is 2.10. The second-order valence-electron chi connectivity index (χ2n) is 8.37. The number of carbonyl (C=O) groups is 4. The summed E-state index contributed by atoms with van der Waals surface area (Å²) in [6, 6.07) is 6.40. The van der Waals surface area contributed by atoms with Crippen LogP contribution in [-0.4, -0.2) is 34.5 Å². The van der Waals surface area contributed by atoms with Gasteiger partial charge in [0.1, 0.15) is 5.69 Å². The van der Waals surface area contributed by atoms with Crippen LogP contribution in [0.15, 0.2) is 24.3 Å². The number of rotatable bonds is 6. The summed E-state index contributed by atoms with van der Waals surface area (Å²) in [4.78, 5) is 51.8. The Morgan fingerprint density at radius 1 is 1.03 bits per heavy atom. The number of nitrogens with one attached hydrogen (secondary N) is 2. The first-order valence-corrected chi connectivity index (χ1v) is 9.69. The zero-order valence-corrected chi connectivity index (χ0v) is 18.4. The molecule has 1 aromatic heterocycles. The molecule has 2 N–H and O–H groups in total. The number of H-pyrrole nitrogens is 1. The van der Waals surface area contributed by atoms with E-state index >= 15 is 0 Å². The first kappa shape index (κ1) is 23.1. The fourth-order valence-corrected chi connectivity index (χ4v) is 3.03. The highest BCUT2D eigenvalue weighted by Crippen LogP contribution is 2.21. The van der Waals surface area contributed by atoms with Gasteiger partial charge in [-0.15, -0.1) is 0 Å². The molecule has 2 rings (SSSR count). The summed E-state index contributed by atoms with van der Waals surface area (Å²) in [6.45, 7) is 11.7. The Morgan fingerprint density at radius 2 is 1.60 bits per heavy atom. The van der Waals surface area contributed by atoms with Crippen molar-refractivity contribution in [3.63, 3.8) is 0 Å². The number of esters is 1. The molecule has 2 aromatic rings. The normalized spacial score (nSPS) is 12.2. The molecular weight excluding hydrogens is 384 g/mol. The summed E-state index contributed by atoms with van der Waals surface area (Å²) in [5, 5.41) is 2.79. The van der Waals surface area contributed by atoms with Gasteiger partial charge in [-0.25, -0.2) is 4.79 Å². The lowest BCUT2D eigenvalue weighted by Gasteiger charge is -2.18. The van der Waals surface area contributed by atoms with Crippen LogP contribution < -0.4 is 5.32 Å². The fraction of sp³-hybridized carbons (Fsp3) is 0.391. The van der Waals surface area contributed by atoms with Crippen molar-refractivity contribution in [2.24, 2.45) is 5.41 Å². The number of Topliss-reactive ketones (excluding diaryl/α,β-unsaturated/α-hetero) is 2. The Morgan fingerprint density at radius 3 is 2.07 bits per heavy atom. The van der Waals surface area contributed by atoms with Crippen LogP contribution in [0, 0.1) is 19.3 Å². The van der Waals surface area contributed by atoms with Gasteiger partial charge >= 0.3 is 5.97 Å². The van der Waals surface area contributed by atoms with Crippen LogP contribution in [0.1, 0.15) is 77.1 Å². The number of carbonyl (C=O) groups excluding carboxylic acids is 4. The minimum Gasteiger partial charge on any atom is -0.450 e. The molecule has 1 aromatic carbocycles. The average Bonchev–Trinajstić information content (AvgIpc) is 2.95. The molecule has 7 heteroatoms. The van der Waals surface area contributed by atoms with Gasteiger partial charge in [0.2, 0.25) is 11.7 Å². The standard InChI is InChI=1S/C23H28N2O5/c1-12-18(14(3)26)13(2)24-19(12)21(28)30-15(4)20(27)16-8-10-17(11-9-16)25-22(29)23(5,6)7/h8-11,15,24H,1-7H3,(H,25,29)/t15-/m0/s1. The maximum absolute atomic E-state index is 12.6. The third-order valence-electron chi connectivity index (χ3n) is 4.76. The summed E-state index contributed by atoms with van der Waals surface area (Å²) >= 11 is 0. The lowest BCUT2D eigenvalue weighted by atomic mass is 9.95. The topological polar surface area (TPSA) is 105 Å². The molecule has 0 aliphatic rings. The van der Waals surface area contributed by atoms with Crippen LogP contribution in [0.2, 0.25) is 0 Å². The van der Waals surface area contributed by atoms with E-state index in [0.717, 1.165) is 0 Å². The molecule has 0 unspecified atom stereocenters. The molecule has 1 heterocycles. The van der Waals surface area contributed by atoms with Gasteiger partial charge in [-0.2, -0.15) is 0 Å². The second-order valence-corrected chi connectivity index (χ2v) is 8.37. The van der Waals surface area contributed by atoms with E-state index in [1.807, 2.05) is 20.8 Å². The molecular formula is C23H28N2O5. The summed E-state index contributed by atoms with van der Waals surface area (Å²) < 4.78 is 5.32. The van der Waals surface area contributed by atoms with Crippen molar-refractivity contribution in [1.82, 2.24) is 4.98 Å². The van der Waals surface area contributed by atoms with E-state index in [0.29, 0.717) is 28.1 Å². The molecule has 0 saturated heterocycles. The first-order valence-electron chi connectivity index (χ1n) is 9.69. The van der Waals surface area contributed by atoms with Crippen molar-refractivity contribution >= 4 is 29.1 Å². The van der Waals surface area contributed by atoms with E-state index in [4.69, 9.17) is 4.74 Å². The Balaban J connectivity index is 2.09. The van der Waals surface area contributed by atoms with Crippen molar-refractivity contribution in [2.45, 2.75) is 54.6 Å². The van der Waals surface area contributed by atoms with Gasteiger partial charge in [0, 0.05) is 27.9 Å². The molecule has 0 bridgehead atoms. The van der Waals surface area contributed by atoms with Crippen LogP contribution in [0.25, 0.3) is 0 Å². The number of aromatic amines is 1. The largest absolute Gasteiger partial charge is 0.450 e. The number of aryl methyl sites for hydroxylation is 1. The lowest BCUT2D eigenvalue weighted by Crippen LogP contribution is -2.27. The third kappa shape index (κ3) is 5.03. The van der Waals surface area contributed by atoms with Crippen molar-refractivity contribution < 1.29 is 23.9 Å². The summed E-state index contributed by atoms with van der Waals surface area (Å²) in [7, 11) is 0. The highest BCUT2D eigenvalue weighted by atomic mass is 16.5. The molecule has 0 fully saturated rings. The monoisotopic (exact) mass is 412 g/mol. The fourth-order valence-electron chi connectivity index (χ4n) is 3.03. The Hall–Kier alpha value is -3.22. The summed E-state index contributed by atoms with van der Waals surface area (Å²) in [6.07, 6.45) is -1.02. The number of amides is 1. The quantitative estimate of drug-likeness (QED) is 0.545. The number of aromatic nitrogens is 1. The predicted molar refractivity (Wildman–Crippen MR) is 114 cm³/mol. The van der Waals surface area contributed by atoms with Gasteiger partial charge in [-0.3, -0.25) is 14.4 Å². The van der Waals surface area contributed by atoms with E-state index in [-0.39, 0.29) is 23.2 Å². The van der Waals surface area contributed by atoms with Crippen LogP contribution in [-0.2, 0) is 9.53 Å². The molecule has 1 atom stereocenters. The molecule has 30 heavy (non-hydrogen) atoms. The molecule has 0 saturated carbocycles. The van der Waals surface area contributed by atoms with Crippen LogP contribution in [0.5, 0.6) is 0 Å². The Bertz CT molecular complexity index is 994. The predicted octanol–water partition coefficient (Wildman–Crippen LogP) is 4.25. The molecule has 0 radical (unpaired) electrons. The van der Waals surface area contributed by atoms with Crippen molar-refractivity contribution in [1.29, 1.82) is 0 Å². The molecule has 7 nitrogen and oxygen atoms in total. The maximum Gasteiger partial charge on any atom is 0.355 e. The Kier molecular flexibility index (Phi) is 6.65. The third-order valence-corrected chi connectivity index (χ3v) is 4.76. The number of ketones is 2. The SMILES string of the molecule is CC(=O)c1c(C)[nH]c(C(=O)O[C@@H](C)C(=O)c2ccc(NC(=O)C(C)(C)C)cc2)c1C. The zero-order chi connectivity index (χ0) is 22.8. The van der Waals surface area contributed by atoms with Crippen molar-refractivity contribution in [3.8, 4) is 0 Å². The summed E-state index contributed by atoms with van der Waals surface area (Å²) in [5.74, 6) is -1.35. The van der Waals surface area contributed by atoms with E-state index in [1.54, 1.807) is 38.1 Å². The number of hydrogen-bond acceptors (Lipinski definition) is 5. The van der Waals surface area contributed by atoms with Crippen molar-refractivity contribution in [3.05, 3.63) is 52.3 Å². The molecule has 1 amide bonds. The average molecular weight is 412 g/mol. The molecule has 0 aliphatic carbocycles. The van der Waals surface area contributed by atoms with Crippen LogP contribution >= 0.6 is 0 Å². The maximum atomic E-state index is 12.6. The van der Waals surface area contributed by atoms with E-state index < -0.39 is 17.5 Å². The molecule has 0 spiro atoms. The first-order chi connectivity index (χ1) is 13.8. The van der Waals surface area contributed by atoms with Gasteiger partial charge in [0.25, 0.3) is 0 Å². The van der Waals surface area contributed by atoms with Gasteiger partial charge < -0.3 is 15.0 Å². The number of benzene rings is 1. The Labute approximate surface area is 176 Å². The van der Waals surface area contributed by atoms with Crippen molar-refractivity contribution in [2.75, 3.05) is 5.32 Å². The zero-order valence-electron chi connectivity index (χ0n) is 18.4.